The maximum Gasteiger partial charge on any atom is 0.221 e. The van der Waals surface area contributed by atoms with Gasteiger partial charge in [0.1, 0.15) is 11.8 Å². The van der Waals surface area contributed by atoms with Crippen LogP contribution in [0.4, 0.5) is 5.69 Å². The van der Waals surface area contributed by atoms with Crippen molar-refractivity contribution in [3.8, 4) is 5.88 Å². The van der Waals surface area contributed by atoms with Crippen LogP contribution in [0.15, 0.2) is 53.8 Å². The van der Waals surface area contributed by atoms with Gasteiger partial charge in [-0.2, -0.15) is 0 Å². The monoisotopic (exact) mass is 360 g/mol. The molecule has 6 heteroatoms. The molecule has 0 bridgehead atoms. The Bertz CT molecular complexity index is 1030. The van der Waals surface area contributed by atoms with E-state index in [1.54, 1.807) is 12.4 Å². The number of aliphatic imine (C=N–C) groups is 1. The molecule has 0 amide bonds. The van der Waals surface area contributed by atoms with Gasteiger partial charge in [-0.15, -0.1) is 0 Å². The average Bonchev–Trinajstić information content (AvgIpc) is 3.28. The predicted octanol–water partition coefficient (Wildman–Crippen LogP) is 3.56. The number of nitrogens with zero attached hydrogens (tertiary/aromatic N) is 3. The third kappa shape index (κ3) is 3.13. The fourth-order valence-corrected chi connectivity index (χ4v) is 3.59. The molecule has 2 aromatic heterocycles. The van der Waals surface area contributed by atoms with Crippen molar-refractivity contribution in [2.45, 2.75) is 32.1 Å². The van der Waals surface area contributed by atoms with Gasteiger partial charge in [0.15, 0.2) is 5.84 Å². The molecule has 1 N–H and O–H groups in total. The van der Waals surface area contributed by atoms with Gasteiger partial charge in [0.2, 0.25) is 5.88 Å². The van der Waals surface area contributed by atoms with Crippen LogP contribution in [0.2, 0.25) is 0 Å². The lowest BCUT2D eigenvalue weighted by Gasteiger charge is -2.14. The molecule has 6 nitrogen and oxygen atoms in total. The van der Waals surface area contributed by atoms with Gasteiger partial charge < -0.3 is 14.8 Å². The summed E-state index contributed by atoms with van der Waals surface area (Å²) in [6.45, 7) is 3.35. The first-order valence-corrected chi connectivity index (χ1v) is 9.19. The molecule has 1 saturated heterocycles. The van der Waals surface area contributed by atoms with Crippen LogP contribution in [0.3, 0.4) is 0 Å². The molecular formula is C21H20N4O2. The quantitative estimate of drug-likeness (QED) is 0.773. The number of nitrogens with one attached hydrogen (secondary N) is 1. The molecule has 0 spiro atoms. The van der Waals surface area contributed by atoms with Crippen molar-refractivity contribution in [2.24, 2.45) is 4.99 Å². The SMILES string of the molecule is C[C@@H]1C[C@H](Oc2nccc3cc(NC4=NCc5cccnc54)ccc23)CO1. The highest BCUT2D eigenvalue weighted by molar-refractivity contribution is 6.10. The summed E-state index contributed by atoms with van der Waals surface area (Å²) < 4.78 is 11.7. The third-order valence-corrected chi connectivity index (χ3v) is 4.95. The van der Waals surface area contributed by atoms with E-state index in [4.69, 9.17) is 9.47 Å². The van der Waals surface area contributed by atoms with Gasteiger partial charge in [0.25, 0.3) is 0 Å². The predicted molar refractivity (Wildman–Crippen MR) is 104 cm³/mol. The maximum atomic E-state index is 6.09. The van der Waals surface area contributed by atoms with E-state index in [1.165, 1.54) is 0 Å². The number of anilines is 1. The standard InChI is InChI=1S/C21H20N4O2/c1-13-9-17(12-26-13)27-21-18-5-4-16(10-14(18)6-8-23-21)25-20-19-15(11-24-20)3-2-7-22-19/h2-8,10,13,17H,9,11-12H2,1H3,(H,24,25)/t13-,17+/m1/s1. The Labute approximate surface area is 157 Å². The van der Waals surface area contributed by atoms with Crippen LogP contribution in [0.5, 0.6) is 5.88 Å². The molecule has 5 rings (SSSR count). The summed E-state index contributed by atoms with van der Waals surface area (Å²) in [6.07, 6.45) is 4.77. The van der Waals surface area contributed by atoms with E-state index in [9.17, 15) is 0 Å². The Kier molecular flexibility index (Phi) is 3.98. The number of benzene rings is 1. The fraction of sp³-hybridized carbons (Fsp3) is 0.286. The summed E-state index contributed by atoms with van der Waals surface area (Å²) in [7, 11) is 0. The maximum absolute atomic E-state index is 6.09. The summed E-state index contributed by atoms with van der Waals surface area (Å²) >= 11 is 0. The Morgan fingerprint density at radius 2 is 2.11 bits per heavy atom. The molecule has 2 aliphatic rings. The Morgan fingerprint density at radius 3 is 3.00 bits per heavy atom. The van der Waals surface area contributed by atoms with Gasteiger partial charge in [0, 0.05) is 35.5 Å². The van der Waals surface area contributed by atoms with Gasteiger partial charge in [-0.25, -0.2) is 4.98 Å². The first-order valence-electron chi connectivity index (χ1n) is 9.19. The molecule has 2 aliphatic heterocycles. The van der Waals surface area contributed by atoms with Crippen molar-refractivity contribution in [3.05, 3.63) is 60.0 Å². The minimum Gasteiger partial charge on any atom is -0.471 e. The lowest BCUT2D eigenvalue weighted by Crippen LogP contribution is -2.17. The number of ether oxygens (including phenoxy) is 2. The smallest absolute Gasteiger partial charge is 0.221 e. The van der Waals surface area contributed by atoms with Crippen molar-refractivity contribution < 1.29 is 9.47 Å². The molecule has 1 aromatic carbocycles. The van der Waals surface area contributed by atoms with E-state index in [2.05, 4.69) is 39.3 Å². The Balaban J connectivity index is 1.40. The molecule has 1 fully saturated rings. The summed E-state index contributed by atoms with van der Waals surface area (Å²) in [5, 5.41) is 5.46. The van der Waals surface area contributed by atoms with Gasteiger partial charge >= 0.3 is 0 Å². The molecule has 0 radical (unpaired) electrons. The first-order chi connectivity index (χ1) is 13.3. The zero-order valence-corrected chi connectivity index (χ0v) is 15.1. The zero-order valence-electron chi connectivity index (χ0n) is 15.1. The average molecular weight is 360 g/mol. The van der Waals surface area contributed by atoms with Crippen LogP contribution in [0, 0.1) is 0 Å². The van der Waals surface area contributed by atoms with Crippen LogP contribution >= 0.6 is 0 Å². The summed E-state index contributed by atoms with van der Waals surface area (Å²) in [5.41, 5.74) is 3.04. The molecular weight excluding hydrogens is 340 g/mol. The van der Waals surface area contributed by atoms with Gasteiger partial charge in [-0.05, 0) is 42.6 Å². The van der Waals surface area contributed by atoms with Crippen LogP contribution in [0.25, 0.3) is 10.8 Å². The van der Waals surface area contributed by atoms with Crippen LogP contribution < -0.4 is 10.1 Å². The first kappa shape index (κ1) is 16.2. The molecule has 0 saturated carbocycles. The van der Waals surface area contributed by atoms with Gasteiger partial charge in [0.05, 0.1) is 19.3 Å². The van der Waals surface area contributed by atoms with E-state index >= 15 is 0 Å². The molecule has 136 valence electrons. The molecule has 3 aromatic rings. The van der Waals surface area contributed by atoms with E-state index in [-0.39, 0.29) is 12.2 Å². The summed E-state index contributed by atoms with van der Waals surface area (Å²) in [6, 6.07) is 12.1. The van der Waals surface area contributed by atoms with Crippen LogP contribution in [0.1, 0.15) is 24.6 Å². The Hall–Kier alpha value is -2.99. The number of fused-ring (bicyclic) bond motifs is 2. The van der Waals surface area contributed by atoms with Gasteiger partial charge in [-0.1, -0.05) is 6.07 Å². The van der Waals surface area contributed by atoms with E-state index in [0.29, 0.717) is 19.0 Å². The van der Waals surface area contributed by atoms with Crippen molar-refractivity contribution in [2.75, 3.05) is 11.9 Å². The molecule has 4 heterocycles. The third-order valence-electron chi connectivity index (χ3n) is 4.95. The van der Waals surface area contributed by atoms with Crippen molar-refractivity contribution >= 4 is 22.3 Å². The lowest BCUT2D eigenvalue weighted by atomic mass is 10.1. The number of amidine groups is 1. The van der Waals surface area contributed by atoms with Crippen LogP contribution in [-0.2, 0) is 11.3 Å². The largest absolute Gasteiger partial charge is 0.471 e. The number of pyridine rings is 2. The number of hydrogen-bond donors (Lipinski definition) is 1. The second kappa shape index (κ2) is 6.63. The summed E-state index contributed by atoms with van der Waals surface area (Å²) in [4.78, 5) is 13.4. The minimum atomic E-state index is 0.0614. The normalized spacial score (nSPS) is 21.1. The highest BCUT2D eigenvalue weighted by Crippen LogP contribution is 2.29. The topological polar surface area (TPSA) is 68.6 Å². The van der Waals surface area contributed by atoms with Gasteiger partial charge in [-0.3, -0.25) is 9.98 Å². The molecule has 2 atom stereocenters. The van der Waals surface area contributed by atoms with E-state index < -0.39 is 0 Å². The molecule has 0 unspecified atom stereocenters. The van der Waals surface area contributed by atoms with Crippen molar-refractivity contribution in [3.63, 3.8) is 0 Å². The highest BCUT2D eigenvalue weighted by atomic mass is 16.6. The number of rotatable bonds is 3. The number of aromatic nitrogens is 2. The van der Waals surface area contributed by atoms with E-state index in [0.717, 1.165) is 40.0 Å². The number of hydrogen-bond acceptors (Lipinski definition) is 6. The van der Waals surface area contributed by atoms with Crippen molar-refractivity contribution in [1.82, 2.24) is 9.97 Å². The second-order valence-corrected chi connectivity index (χ2v) is 6.97. The molecule has 27 heavy (non-hydrogen) atoms. The van der Waals surface area contributed by atoms with E-state index in [1.807, 2.05) is 24.3 Å². The summed E-state index contributed by atoms with van der Waals surface area (Å²) in [5.74, 6) is 1.47. The molecule has 0 aliphatic carbocycles. The Morgan fingerprint density at radius 1 is 1.15 bits per heavy atom. The highest BCUT2D eigenvalue weighted by Gasteiger charge is 2.24. The lowest BCUT2D eigenvalue weighted by molar-refractivity contribution is 0.103. The zero-order chi connectivity index (χ0) is 18.2. The van der Waals surface area contributed by atoms with Crippen LogP contribution in [-0.4, -0.2) is 34.6 Å². The second-order valence-electron chi connectivity index (χ2n) is 6.97. The minimum absolute atomic E-state index is 0.0614. The fourth-order valence-electron chi connectivity index (χ4n) is 3.59. The van der Waals surface area contributed by atoms with Crippen molar-refractivity contribution in [1.29, 1.82) is 0 Å².